The molecule has 2 saturated carbocycles. The molecule has 1 saturated heterocycles. The van der Waals surface area contributed by atoms with Gasteiger partial charge in [-0.25, -0.2) is 14.4 Å². The number of halogens is 1. The number of carbonyl (C=O) groups excluding carboxylic acids is 2. The van der Waals surface area contributed by atoms with Gasteiger partial charge in [-0.1, -0.05) is 6.07 Å². The summed E-state index contributed by atoms with van der Waals surface area (Å²) in [5, 5.41) is 0.943. The average molecular weight is 607 g/mol. The van der Waals surface area contributed by atoms with Crippen molar-refractivity contribution in [2.24, 2.45) is 30.5 Å². The van der Waals surface area contributed by atoms with Crippen LogP contribution in [0.2, 0.25) is 0 Å². The van der Waals surface area contributed by atoms with Crippen LogP contribution in [-0.2, 0) is 13.6 Å². The summed E-state index contributed by atoms with van der Waals surface area (Å²) in [4.78, 5) is 37.3. The number of amides is 2. The maximum Gasteiger partial charge on any atom is 0.254 e. The first-order valence-electron chi connectivity index (χ1n) is 15.7. The van der Waals surface area contributed by atoms with Gasteiger partial charge in [-0.2, -0.15) is 0 Å². The van der Waals surface area contributed by atoms with Crippen LogP contribution in [0.25, 0.3) is 44.8 Å². The number of ether oxygens (including phenoxy) is 1. The van der Waals surface area contributed by atoms with E-state index in [1.165, 1.54) is 31.4 Å². The highest BCUT2D eigenvalue weighted by molar-refractivity contribution is 6.00. The molecule has 2 aromatic carbocycles. The van der Waals surface area contributed by atoms with Crippen molar-refractivity contribution in [1.29, 1.82) is 0 Å². The van der Waals surface area contributed by atoms with Gasteiger partial charge in [0.25, 0.3) is 11.8 Å². The third kappa shape index (κ3) is 4.74. The lowest BCUT2D eigenvalue weighted by molar-refractivity contribution is 0.0661. The van der Waals surface area contributed by atoms with Crippen LogP contribution in [0.1, 0.15) is 52.8 Å². The molecule has 3 fully saturated rings. The number of primary amides is 1. The fourth-order valence-electron chi connectivity index (χ4n) is 7.47. The highest BCUT2D eigenvalue weighted by Crippen LogP contribution is 2.40. The fraction of sp³-hybridized carbons (Fsp3) is 0.371. The molecule has 0 radical (unpaired) electrons. The highest BCUT2D eigenvalue weighted by atomic mass is 19.1. The number of piperidine rings is 1. The number of imidazole rings is 1. The lowest BCUT2D eigenvalue weighted by atomic mass is 9.98. The smallest absolute Gasteiger partial charge is 0.254 e. The van der Waals surface area contributed by atoms with Crippen molar-refractivity contribution in [2.75, 3.05) is 20.2 Å². The van der Waals surface area contributed by atoms with Gasteiger partial charge in [-0.15, -0.1) is 0 Å². The molecule has 9 nitrogen and oxygen atoms in total. The molecule has 2 N–H and O–H groups in total. The summed E-state index contributed by atoms with van der Waals surface area (Å²) in [7, 11) is 3.60. The number of fused-ring (bicyclic) bond motifs is 4. The normalized spacial score (nSPS) is 19.5. The minimum absolute atomic E-state index is 0.0406. The molecule has 2 amide bonds. The van der Waals surface area contributed by atoms with Crippen molar-refractivity contribution in [3.05, 3.63) is 65.5 Å². The molecule has 10 heteroatoms. The topological polar surface area (TPSA) is 108 Å². The van der Waals surface area contributed by atoms with Crippen LogP contribution in [0, 0.1) is 23.6 Å². The molecule has 3 aromatic heterocycles. The molecular weight excluding hydrogens is 571 g/mol. The van der Waals surface area contributed by atoms with Gasteiger partial charge in [-0.05, 0) is 92.3 Å². The van der Waals surface area contributed by atoms with E-state index in [1.54, 1.807) is 13.2 Å². The molecule has 1 aliphatic heterocycles. The van der Waals surface area contributed by atoms with Crippen LogP contribution in [0.5, 0.6) is 5.75 Å². The van der Waals surface area contributed by atoms with Crippen molar-refractivity contribution in [1.82, 2.24) is 24.0 Å². The lowest BCUT2D eigenvalue weighted by Gasteiger charge is -2.32. The summed E-state index contributed by atoms with van der Waals surface area (Å²) in [5.41, 5.74) is 10.1. The Morgan fingerprint density at radius 1 is 1.00 bits per heavy atom. The summed E-state index contributed by atoms with van der Waals surface area (Å²) in [5.74, 6) is 1.69. The van der Waals surface area contributed by atoms with E-state index < -0.39 is 11.7 Å². The van der Waals surface area contributed by atoms with Crippen molar-refractivity contribution in [3.8, 4) is 28.5 Å². The predicted molar refractivity (Wildman–Crippen MR) is 169 cm³/mol. The first-order chi connectivity index (χ1) is 21.8. The van der Waals surface area contributed by atoms with Gasteiger partial charge in [0.05, 0.1) is 29.6 Å². The van der Waals surface area contributed by atoms with Crippen molar-refractivity contribution < 1.29 is 18.7 Å². The quantitative estimate of drug-likeness (QED) is 0.253. The maximum atomic E-state index is 14.6. The Hall–Kier alpha value is -4.73. The number of nitrogens with zero attached hydrogens (tertiary/aromatic N) is 5. The number of benzene rings is 2. The standard InChI is InChI=1S/C35H35FN6O3/c1-40-31-28(13-24(15-30(31)45-2)35(44)41-16-20-5-6-21(11-20)17-41)39-34(40)29-14-23-8-10-27(38-33(23)42(29)18-19-3-4-19)22-7-9-25(32(37)43)26(36)12-22/h7-10,12-15,19-21H,3-6,11,16-18H2,1-2H3,(H2,37,43). The summed E-state index contributed by atoms with van der Waals surface area (Å²) >= 11 is 0. The van der Waals surface area contributed by atoms with Crippen LogP contribution in [0.3, 0.4) is 0 Å². The number of hydrogen-bond acceptors (Lipinski definition) is 5. The molecular formula is C35H35FN6O3. The fourth-order valence-corrected chi connectivity index (χ4v) is 7.47. The van der Waals surface area contributed by atoms with E-state index in [1.807, 2.05) is 40.8 Å². The van der Waals surface area contributed by atoms with Gasteiger partial charge in [-0.3, -0.25) is 9.59 Å². The van der Waals surface area contributed by atoms with Gasteiger partial charge >= 0.3 is 0 Å². The third-order valence-corrected chi connectivity index (χ3v) is 9.94. The van der Waals surface area contributed by atoms with Crippen LogP contribution in [-0.4, -0.2) is 56.0 Å². The Balaban J connectivity index is 1.22. The third-order valence-electron chi connectivity index (χ3n) is 9.94. The lowest BCUT2D eigenvalue weighted by Crippen LogP contribution is -2.40. The second kappa shape index (κ2) is 10.4. The number of rotatable bonds is 7. The summed E-state index contributed by atoms with van der Waals surface area (Å²) < 4.78 is 24.7. The number of pyridine rings is 1. The van der Waals surface area contributed by atoms with Crippen molar-refractivity contribution >= 4 is 33.9 Å². The van der Waals surface area contributed by atoms with Crippen molar-refractivity contribution in [2.45, 2.75) is 38.6 Å². The predicted octanol–water partition coefficient (Wildman–Crippen LogP) is 5.79. The summed E-state index contributed by atoms with van der Waals surface area (Å²) in [6.45, 7) is 2.42. The minimum atomic E-state index is -0.806. The zero-order chi connectivity index (χ0) is 31.0. The number of nitrogens with two attached hydrogens (primary N) is 1. The Bertz CT molecular complexity index is 2010. The van der Waals surface area contributed by atoms with E-state index in [0.29, 0.717) is 45.8 Å². The molecule has 2 aliphatic carbocycles. The largest absolute Gasteiger partial charge is 0.494 e. The van der Waals surface area contributed by atoms with Gasteiger partial charge in [0.15, 0.2) is 5.82 Å². The summed E-state index contributed by atoms with van der Waals surface area (Å²) in [6.07, 6.45) is 5.96. The van der Waals surface area contributed by atoms with E-state index in [2.05, 4.69) is 10.6 Å². The molecule has 2 atom stereocenters. The Morgan fingerprint density at radius 2 is 1.78 bits per heavy atom. The number of likely N-dealkylation sites (tertiary alicyclic amines) is 1. The van der Waals surface area contributed by atoms with Crippen LogP contribution in [0.4, 0.5) is 4.39 Å². The average Bonchev–Trinajstić information content (AvgIpc) is 3.59. The van der Waals surface area contributed by atoms with E-state index in [4.69, 9.17) is 20.4 Å². The first kappa shape index (κ1) is 27.8. The van der Waals surface area contributed by atoms with Crippen molar-refractivity contribution in [3.63, 3.8) is 0 Å². The van der Waals surface area contributed by atoms with Crippen LogP contribution < -0.4 is 10.5 Å². The number of carbonyl (C=O) groups is 2. The number of aryl methyl sites for hydroxylation is 1. The molecule has 8 rings (SSSR count). The second-order valence-electron chi connectivity index (χ2n) is 13.0. The maximum absolute atomic E-state index is 14.6. The molecule has 45 heavy (non-hydrogen) atoms. The zero-order valence-electron chi connectivity index (χ0n) is 25.4. The van der Waals surface area contributed by atoms with Gasteiger partial charge in [0.1, 0.15) is 22.7 Å². The van der Waals surface area contributed by atoms with Gasteiger partial charge < -0.3 is 24.5 Å². The van der Waals surface area contributed by atoms with E-state index in [9.17, 15) is 14.0 Å². The van der Waals surface area contributed by atoms with Crippen LogP contribution >= 0.6 is 0 Å². The Kier molecular flexibility index (Phi) is 6.44. The first-order valence-corrected chi connectivity index (χ1v) is 15.7. The molecule has 2 bridgehead atoms. The van der Waals surface area contributed by atoms with E-state index >= 15 is 0 Å². The Labute approximate surface area is 259 Å². The SMILES string of the molecule is COc1cc(C(=O)N2CC3CCC(C3)C2)cc2nc(-c3cc4ccc(-c5ccc(C(N)=O)c(F)c5)nc4n3CC3CC3)n(C)c12. The zero-order valence-corrected chi connectivity index (χ0v) is 25.4. The number of hydrogen-bond donors (Lipinski definition) is 1. The minimum Gasteiger partial charge on any atom is -0.494 e. The second-order valence-corrected chi connectivity index (χ2v) is 13.0. The molecule has 3 aliphatic rings. The van der Waals surface area contributed by atoms with E-state index in [0.717, 1.165) is 60.5 Å². The van der Waals surface area contributed by atoms with Crippen LogP contribution in [0.15, 0.2) is 48.5 Å². The molecule has 4 heterocycles. The monoisotopic (exact) mass is 606 g/mol. The summed E-state index contributed by atoms with van der Waals surface area (Å²) in [6, 6.07) is 14.0. The van der Waals surface area contributed by atoms with Gasteiger partial charge in [0.2, 0.25) is 0 Å². The molecule has 0 spiro atoms. The van der Waals surface area contributed by atoms with Gasteiger partial charge in [0, 0.05) is 43.2 Å². The van der Waals surface area contributed by atoms with E-state index in [-0.39, 0.29) is 11.5 Å². The molecule has 5 aromatic rings. The number of methoxy groups -OCH3 is 1. The Morgan fingerprint density at radius 3 is 2.47 bits per heavy atom. The highest BCUT2D eigenvalue weighted by Gasteiger charge is 2.35. The number of aromatic nitrogens is 4. The molecule has 2 unspecified atom stereocenters. The molecule has 230 valence electrons.